The van der Waals surface area contributed by atoms with E-state index in [1.54, 1.807) is 0 Å². The highest BCUT2D eigenvalue weighted by Gasteiger charge is 2.22. The zero-order valence-electron chi connectivity index (χ0n) is 14.0. The molecule has 25 heavy (non-hydrogen) atoms. The molecule has 5 nitrogen and oxygen atoms in total. The number of fused-ring (bicyclic) bond motifs is 1. The largest absolute Gasteiger partial charge is 0.240 e. The van der Waals surface area contributed by atoms with Crippen molar-refractivity contribution in [3.8, 4) is 0 Å². The van der Waals surface area contributed by atoms with E-state index < -0.39 is 19.9 Å². The van der Waals surface area contributed by atoms with E-state index in [0.717, 1.165) is 25.5 Å². The summed E-state index contributed by atoms with van der Waals surface area (Å²) in [5.41, 5.74) is 2.50. The van der Waals surface area contributed by atoms with E-state index in [0.29, 0.717) is 6.54 Å². The van der Waals surface area contributed by atoms with Gasteiger partial charge in [0.15, 0.2) is 9.84 Å². The molecule has 7 heteroatoms. The van der Waals surface area contributed by atoms with Crippen LogP contribution in [0.25, 0.3) is 0 Å². The number of rotatable bonds is 5. The van der Waals surface area contributed by atoms with Gasteiger partial charge in [-0.25, -0.2) is 21.6 Å². The monoisotopic (exact) mass is 379 g/mol. The van der Waals surface area contributed by atoms with Gasteiger partial charge in [0, 0.05) is 12.8 Å². The standard InChI is InChI=1S/C18H21NO4S2/c1-24(20,21)16-9-11-17(12-10-16)25(22,23)19-13-15-7-4-6-14-5-2-3-8-18(14)15/h2-3,5,8-12,15,19H,4,6-7,13H2,1H3/t15-/m1/s1. The Bertz CT molecular complexity index is 964. The molecule has 3 rings (SSSR count). The second-order valence-electron chi connectivity index (χ2n) is 6.38. The van der Waals surface area contributed by atoms with Gasteiger partial charge in [-0.15, -0.1) is 0 Å². The van der Waals surface area contributed by atoms with E-state index in [9.17, 15) is 16.8 Å². The lowest BCUT2D eigenvalue weighted by Crippen LogP contribution is -2.30. The first-order valence-corrected chi connectivity index (χ1v) is 11.5. The summed E-state index contributed by atoms with van der Waals surface area (Å²) in [6.45, 7) is 0.340. The molecule has 0 aromatic heterocycles. The lowest BCUT2D eigenvalue weighted by Gasteiger charge is -2.25. The number of sulfone groups is 1. The average Bonchev–Trinajstić information content (AvgIpc) is 2.59. The summed E-state index contributed by atoms with van der Waals surface area (Å²) in [5.74, 6) is 0.162. The summed E-state index contributed by atoms with van der Waals surface area (Å²) < 4.78 is 50.6. The van der Waals surface area contributed by atoms with Gasteiger partial charge in [0.2, 0.25) is 10.0 Å². The van der Waals surface area contributed by atoms with Crippen LogP contribution in [0.2, 0.25) is 0 Å². The fourth-order valence-electron chi connectivity index (χ4n) is 3.23. The Kier molecular flexibility index (Phi) is 4.99. The summed E-state index contributed by atoms with van der Waals surface area (Å²) in [5, 5.41) is 0. The quantitative estimate of drug-likeness (QED) is 0.865. The summed E-state index contributed by atoms with van der Waals surface area (Å²) in [7, 11) is -7.01. The molecule has 1 atom stereocenters. The Labute approximate surface area is 149 Å². The van der Waals surface area contributed by atoms with E-state index in [4.69, 9.17) is 0 Å². The minimum absolute atomic E-state index is 0.0731. The molecule has 1 N–H and O–H groups in total. The first kappa shape index (κ1) is 18.1. The van der Waals surface area contributed by atoms with E-state index >= 15 is 0 Å². The molecular formula is C18H21NO4S2. The zero-order chi connectivity index (χ0) is 18.1. The maximum atomic E-state index is 12.5. The van der Waals surface area contributed by atoms with Crippen molar-refractivity contribution in [2.45, 2.75) is 35.0 Å². The van der Waals surface area contributed by atoms with Crippen LogP contribution in [0.1, 0.15) is 29.9 Å². The van der Waals surface area contributed by atoms with Crippen molar-refractivity contribution in [2.24, 2.45) is 0 Å². The highest BCUT2D eigenvalue weighted by Crippen LogP contribution is 2.31. The fourth-order valence-corrected chi connectivity index (χ4v) is 4.94. The molecule has 2 aromatic carbocycles. The van der Waals surface area contributed by atoms with E-state index in [1.165, 1.54) is 35.4 Å². The van der Waals surface area contributed by atoms with Gasteiger partial charge in [-0.3, -0.25) is 0 Å². The SMILES string of the molecule is CS(=O)(=O)c1ccc(S(=O)(=O)NC[C@H]2CCCc3ccccc32)cc1. The second-order valence-corrected chi connectivity index (χ2v) is 10.2. The minimum atomic E-state index is -3.67. The molecule has 134 valence electrons. The van der Waals surface area contributed by atoms with Gasteiger partial charge in [0.25, 0.3) is 0 Å². The number of nitrogens with one attached hydrogen (secondary N) is 1. The molecule has 0 saturated carbocycles. The first-order chi connectivity index (χ1) is 11.8. The van der Waals surface area contributed by atoms with Gasteiger partial charge in [-0.1, -0.05) is 24.3 Å². The van der Waals surface area contributed by atoms with Crippen molar-refractivity contribution in [3.05, 3.63) is 59.7 Å². The maximum Gasteiger partial charge on any atom is 0.240 e. The Morgan fingerprint density at radius 2 is 1.60 bits per heavy atom. The van der Waals surface area contributed by atoms with Crippen LogP contribution < -0.4 is 4.72 Å². The summed E-state index contributed by atoms with van der Waals surface area (Å²) in [6, 6.07) is 13.4. The molecule has 0 radical (unpaired) electrons. The van der Waals surface area contributed by atoms with Gasteiger partial charge in [0.1, 0.15) is 0 Å². The predicted octanol–water partition coefficient (Wildman–Crippen LogP) is 2.49. The number of hydrogen-bond acceptors (Lipinski definition) is 4. The van der Waals surface area contributed by atoms with Crippen molar-refractivity contribution in [1.29, 1.82) is 0 Å². The first-order valence-electron chi connectivity index (χ1n) is 8.15. The lowest BCUT2D eigenvalue weighted by atomic mass is 9.83. The van der Waals surface area contributed by atoms with Gasteiger partial charge >= 0.3 is 0 Å². The highest BCUT2D eigenvalue weighted by atomic mass is 32.2. The van der Waals surface area contributed by atoms with Crippen LogP contribution in [0, 0.1) is 0 Å². The highest BCUT2D eigenvalue weighted by molar-refractivity contribution is 7.90. The molecular weight excluding hydrogens is 358 g/mol. The van der Waals surface area contributed by atoms with Crippen LogP contribution in [-0.4, -0.2) is 29.6 Å². The molecule has 0 amide bonds. The Morgan fingerprint density at radius 3 is 2.28 bits per heavy atom. The molecule has 0 heterocycles. The Morgan fingerprint density at radius 1 is 0.960 bits per heavy atom. The van der Waals surface area contributed by atoms with Crippen LogP contribution in [-0.2, 0) is 26.3 Å². The van der Waals surface area contributed by atoms with Gasteiger partial charge in [0.05, 0.1) is 9.79 Å². The van der Waals surface area contributed by atoms with E-state index in [1.807, 2.05) is 12.1 Å². The third-order valence-corrected chi connectivity index (χ3v) is 7.14. The Hall–Kier alpha value is -1.70. The molecule has 0 saturated heterocycles. The second kappa shape index (κ2) is 6.90. The Balaban J connectivity index is 1.75. The minimum Gasteiger partial charge on any atom is -0.224 e. The van der Waals surface area contributed by atoms with Gasteiger partial charge in [-0.05, 0) is 60.6 Å². The summed E-state index contributed by atoms with van der Waals surface area (Å²) in [4.78, 5) is 0.177. The van der Waals surface area contributed by atoms with Crippen LogP contribution in [0.4, 0.5) is 0 Å². The van der Waals surface area contributed by atoms with Crippen molar-refractivity contribution in [1.82, 2.24) is 4.72 Å². The maximum absolute atomic E-state index is 12.5. The van der Waals surface area contributed by atoms with Crippen molar-refractivity contribution >= 4 is 19.9 Å². The van der Waals surface area contributed by atoms with Gasteiger partial charge in [-0.2, -0.15) is 0 Å². The molecule has 1 aliphatic carbocycles. The van der Waals surface area contributed by atoms with Crippen LogP contribution in [0.5, 0.6) is 0 Å². The third-order valence-electron chi connectivity index (χ3n) is 4.58. The van der Waals surface area contributed by atoms with Gasteiger partial charge < -0.3 is 0 Å². The van der Waals surface area contributed by atoms with E-state index in [2.05, 4.69) is 16.9 Å². The number of sulfonamides is 1. The number of hydrogen-bond donors (Lipinski definition) is 1. The van der Waals surface area contributed by atoms with Crippen LogP contribution in [0.3, 0.4) is 0 Å². The van der Waals surface area contributed by atoms with Crippen molar-refractivity contribution in [3.63, 3.8) is 0 Å². The van der Waals surface area contributed by atoms with Crippen LogP contribution in [0.15, 0.2) is 58.3 Å². The summed E-state index contributed by atoms with van der Waals surface area (Å²) >= 11 is 0. The zero-order valence-corrected chi connectivity index (χ0v) is 15.6. The summed E-state index contributed by atoms with van der Waals surface area (Å²) in [6.07, 6.45) is 4.13. The van der Waals surface area contributed by atoms with E-state index in [-0.39, 0.29) is 15.7 Å². The lowest BCUT2D eigenvalue weighted by molar-refractivity contribution is 0.529. The fraction of sp³-hybridized carbons (Fsp3) is 0.333. The molecule has 1 aliphatic rings. The van der Waals surface area contributed by atoms with Crippen molar-refractivity contribution in [2.75, 3.05) is 12.8 Å². The molecule has 0 bridgehead atoms. The third kappa shape index (κ3) is 4.11. The molecule has 0 aliphatic heterocycles. The molecule has 2 aromatic rings. The molecule has 0 unspecified atom stereocenters. The van der Waals surface area contributed by atoms with Crippen molar-refractivity contribution < 1.29 is 16.8 Å². The molecule has 0 fully saturated rings. The normalized spacial score (nSPS) is 17.9. The number of benzene rings is 2. The topological polar surface area (TPSA) is 80.3 Å². The number of aryl methyl sites for hydroxylation is 1. The smallest absolute Gasteiger partial charge is 0.224 e. The average molecular weight is 380 g/mol. The molecule has 0 spiro atoms. The predicted molar refractivity (Wildman–Crippen MR) is 96.9 cm³/mol. The van der Waals surface area contributed by atoms with Crippen LogP contribution >= 0.6 is 0 Å².